The number of pyridine rings is 2. The Morgan fingerprint density at radius 2 is 1.84 bits per heavy atom. The highest BCUT2D eigenvalue weighted by atomic mass is 19.4. The van der Waals surface area contributed by atoms with Gasteiger partial charge in [-0.25, -0.2) is 0 Å². The Bertz CT molecular complexity index is 714. The molecule has 2 rings (SSSR count). The number of hydrogen-bond acceptors (Lipinski definition) is 3. The molecule has 6 heteroatoms. The Morgan fingerprint density at radius 1 is 1.12 bits per heavy atom. The van der Waals surface area contributed by atoms with E-state index in [1.807, 2.05) is 6.92 Å². The van der Waals surface area contributed by atoms with E-state index in [9.17, 15) is 13.2 Å². The minimum Gasteiger partial charge on any atom is -0.491 e. The topological polar surface area (TPSA) is 35.0 Å². The lowest BCUT2D eigenvalue weighted by atomic mass is 10.00. The fraction of sp³-hybridized carbons (Fsp3) is 0.474. The van der Waals surface area contributed by atoms with Gasteiger partial charge in [-0.15, -0.1) is 0 Å². The van der Waals surface area contributed by atoms with E-state index >= 15 is 0 Å². The maximum absolute atomic E-state index is 13.4. The summed E-state index contributed by atoms with van der Waals surface area (Å²) < 4.78 is 45.8. The maximum Gasteiger partial charge on any atom is 0.420 e. The fourth-order valence-electron chi connectivity index (χ4n) is 2.75. The van der Waals surface area contributed by atoms with E-state index in [2.05, 4.69) is 23.8 Å². The molecule has 0 aliphatic heterocycles. The third-order valence-corrected chi connectivity index (χ3v) is 3.76. The standard InChI is InChI=1S/C19H23F3N2O/c1-12(2)7-13(3)11-25-18-10-24-17(9-16(18)19(20,21)22)15-5-6-23-14(4)8-15/h5-6,8-10,12-13H,7,11H2,1-4H3. The van der Waals surface area contributed by atoms with E-state index in [-0.39, 0.29) is 24.0 Å². The number of halogens is 3. The highest BCUT2D eigenvalue weighted by Crippen LogP contribution is 2.38. The number of aromatic nitrogens is 2. The monoisotopic (exact) mass is 352 g/mol. The van der Waals surface area contributed by atoms with E-state index in [1.165, 1.54) is 0 Å². The largest absolute Gasteiger partial charge is 0.491 e. The quantitative estimate of drug-likeness (QED) is 0.685. The number of nitrogens with zero attached hydrogens (tertiary/aromatic N) is 2. The second-order valence-corrected chi connectivity index (χ2v) is 6.80. The smallest absolute Gasteiger partial charge is 0.420 e. The van der Waals surface area contributed by atoms with E-state index in [4.69, 9.17) is 4.74 Å². The lowest BCUT2D eigenvalue weighted by molar-refractivity contribution is -0.139. The van der Waals surface area contributed by atoms with Crippen LogP contribution in [0.1, 0.15) is 38.4 Å². The Labute approximate surface area is 146 Å². The van der Waals surface area contributed by atoms with Gasteiger partial charge in [0.05, 0.1) is 18.5 Å². The first-order valence-electron chi connectivity index (χ1n) is 8.30. The van der Waals surface area contributed by atoms with Crippen LogP contribution in [0.5, 0.6) is 5.75 Å². The summed E-state index contributed by atoms with van der Waals surface area (Å²) in [7, 11) is 0. The van der Waals surface area contributed by atoms with Crippen LogP contribution in [0, 0.1) is 18.8 Å². The third kappa shape index (κ3) is 5.44. The van der Waals surface area contributed by atoms with Crippen molar-refractivity contribution < 1.29 is 17.9 Å². The van der Waals surface area contributed by atoms with Crippen LogP contribution < -0.4 is 4.74 Å². The van der Waals surface area contributed by atoms with Crippen molar-refractivity contribution in [3.05, 3.63) is 41.9 Å². The van der Waals surface area contributed by atoms with Crippen LogP contribution in [0.15, 0.2) is 30.6 Å². The molecule has 2 heterocycles. The molecule has 0 aliphatic carbocycles. The van der Waals surface area contributed by atoms with Gasteiger partial charge < -0.3 is 4.74 Å². The zero-order valence-corrected chi connectivity index (χ0v) is 14.9. The second kappa shape index (κ2) is 7.85. The van der Waals surface area contributed by atoms with Crippen molar-refractivity contribution in [2.45, 2.75) is 40.3 Å². The molecule has 25 heavy (non-hydrogen) atoms. The minimum absolute atomic E-state index is 0.170. The van der Waals surface area contributed by atoms with Crippen LogP contribution in [0.25, 0.3) is 11.3 Å². The molecule has 0 radical (unpaired) electrons. The number of rotatable bonds is 6. The highest BCUT2D eigenvalue weighted by Gasteiger charge is 2.35. The molecule has 2 aromatic rings. The molecule has 0 saturated carbocycles. The van der Waals surface area contributed by atoms with E-state index in [0.717, 1.165) is 24.4 Å². The van der Waals surface area contributed by atoms with E-state index in [0.29, 0.717) is 11.5 Å². The van der Waals surface area contributed by atoms with Crippen molar-refractivity contribution >= 4 is 0 Å². The molecule has 0 aromatic carbocycles. The average molecular weight is 352 g/mol. The first-order chi connectivity index (χ1) is 11.7. The summed E-state index contributed by atoms with van der Waals surface area (Å²) in [6, 6.07) is 4.38. The average Bonchev–Trinajstić information content (AvgIpc) is 2.51. The molecular weight excluding hydrogens is 329 g/mol. The fourth-order valence-corrected chi connectivity index (χ4v) is 2.75. The Balaban J connectivity index is 2.29. The van der Waals surface area contributed by atoms with Gasteiger partial charge >= 0.3 is 6.18 Å². The van der Waals surface area contributed by atoms with E-state index in [1.54, 1.807) is 25.3 Å². The summed E-state index contributed by atoms with van der Waals surface area (Å²) in [6.45, 7) is 8.13. The van der Waals surface area contributed by atoms with Gasteiger partial charge in [0.15, 0.2) is 0 Å². The minimum atomic E-state index is -4.50. The molecule has 0 amide bonds. The van der Waals surface area contributed by atoms with Crippen LogP contribution in [0.4, 0.5) is 13.2 Å². The van der Waals surface area contributed by atoms with Gasteiger partial charge in [-0.05, 0) is 43.4 Å². The summed E-state index contributed by atoms with van der Waals surface area (Å²) in [5.41, 5.74) is 0.762. The first-order valence-corrected chi connectivity index (χ1v) is 8.30. The highest BCUT2D eigenvalue weighted by molar-refractivity contribution is 5.61. The molecule has 0 saturated heterocycles. The summed E-state index contributed by atoms with van der Waals surface area (Å²) in [6.07, 6.45) is -0.896. The van der Waals surface area contributed by atoms with Gasteiger partial charge in [0.25, 0.3) is 0 Å². The van der Waals surface area contributed by atoms with Gasteiger partial charge in [-0.2, -0.15) is 13.2 Å². The maximum atomic E-state index is 13.4. The zero-order chi connectivity index (χ0) is 18.6. The number of aryl methyl sites for hydroxylation is 1. The lowest BCUT2D eigenvalue weighted by Crippen LogP contribution is -2.15. The molecule has 3 nitrogen and oxygen atoms in total. The van der Waals surface area contributed by atoms with Gasteiger partial charge in [0.2, 0.25) is 0 Å². The Morgan fingerprint density at radius 3 is 2.44 bits per heavy atom. The van der Waals surface area contributed by atoms with Crippen LogP contribution >= 0.6 is 0 Å². The molecule has 0 bridgehead atoms. The molecular formula is C19H23F3N2O. The van der Waals surface area contributed by atoms with Crippen LogP contribution in [-0.4, -0.2) is 16.6 Å². The first kappa shape index (κ1) is 19.2. The predicted octanol–water partition coefficient (Wildman–Crippen LogP) is 5.53. The molecule has 136 valence electrons. The number of hydrogen-bond donors (Lipinski definition) is 0. The normalized spacial score (nSPS) is 13.1. The van der Waals surface area contributed by atoms with Crippen LogP contribution in [0.2, 0.25) is 0 Å². The van der Waals surface area contributed by atoms with Gasteiger partial charge in [0.1, 0.15) is 11.3 Å². The predicted molar refractivity (Wildman–Crippen MR) is 91.3 cm³/mol. The van der Waals surface area contributed by atoms with Crippen molar-refractivity contribution in [3.8, 4) is 17.0 Å². The Kier molecular flexibility index (Phi) is 6.03. The van der Waals surface area contributed by atoms with Crippen molar-refractivity contribution in [2.75, 3.05) is 6.61 Å². The number of ether oxygens (including phenoxy) is 1. The number of alkyl halides is 3. The van der Waals surface area contributed by atoms with Gasteiger partial charge in [-0.1, -0.05) is 20.8 Å². The summed E-state index contributed by atoms with van der Waals surface area (Å²) in [5.74, 6) is 0.414. The van der Waals surface area contributed by atoms with Gasteiger partial charge in [-0.3, -0.25) is 9.97 Å². The molecule has 0 fully saturated rings. The van der Waals surface area contributed by atoms with Crippen LogP contribution in [0.3, 0.4) is 0 Å². The summed E-state index contributed by atoms with van der Waals surface area (Å²) in [5, 5.41) is 0. The molecule has 2 aromatic heterocycles. The Hall–Kier alpha value is -2.11. The summed E-state index contributed by atoms with van der Waals surface area (Å²) in [4.78, 5) is 8.20. The SMILES string of the molecule is Cc1cc(-c2cc(C(F)(F)F)c(OCC(C)CC(C)C)cn2)ccn1. The zero-order valence-electron chi connectivity index (χ0n) is 14.9. The molecule has 0 spiro atoms. The van der Waals surface area contributed by atoms with Crippen molar-refractivity contribution in [3.63, 3.8) is 0 Å². The van der Waals surface area contributed by atoms with E-state index < -0.39 is 11.7 Å². The van der Waals surface area contributed by atoms with Gasteiger partial charge in [0, 0.05) is 17.5 Å². The molecule has 0 aliphatic rings. The lowest BCUT2D eigenvalue weighted by Gasteiger charge is -2.18. The third-order valence-electron chi connectivity index (χ3n) is 3.76. The van der Waals surface area contributed by atoms with Crippen molar-refractivity contribution in [1.82, 2.24) is 9.97 Å². The molecule has 0 N–H and O–H groups in total. The summed E-state index contributed by atoms with van der Waals surface area (Å²) >= 11 is 0. The molecule has 1 unspecified atom stereocenters. The van der Waals surface area contributed by atoms with Crippen molar-refractivity contribution in [2.24, 2.45) is 11.8 Å². The molecule has 1 atom stereocenters. The second-order valence-electron chi connectivity index (χ2n) is 6.80. The van der Waals surface area contributed by atoms with Crippen molar-refractivity contribution in [1.29, 1.82) is 0 Å². The van der Waals surface area contributed by atoms with Crippen LogP contribution in [-0.2, 0) is 6.18 Å².